The van der Waals surface area contributed by atoms with Crippen LogP contribution in [0, 0.1) is 0 Å². The summed E-state index contributed by atoms with van der Waals surface area (Å²) in [7, 11) is -90.5. The van der Waals surface area contributed by atoms with Crippen molar-refractivity contribution in [2.24, 2.45) is 0 Å². The minimum absolute atomic E-state index is 0. The maximum Gasteiger partial charge on any atom is 1.00 e. The largest absolute Gasteiger partial charge is 1.00 e. The van der Waals surface area contributed by atoms with Crippen molar-refractivity contribution in [3.63, 3.8) is 0 Å². The van der Waals surface area contributed by atoms with Crippen LogP contribution < -0.4 is 434 Å². The van der Waals surface area contributed by atoms with E-state index in [1.807, 2.05) is 0 Å². The maximum absolute atomic E-state index is 13.1. The predicted molar refractivity (Wildman–Crippen MR) is 333 cm³/mol. The van der Waals surface area contributed by atoms with Crippen LogP contribution in [0.25, 0.3) is 0 Å². The molecule has 4 fully saturated rings. The van der Waals surface area contributed by atoms with Crippen LogP contribution in [0.5, 0.6) is 11.5 Å². The Balaban J connectivity index is -0.00000165. The molecule has 0 unspecified atom stereocenters. The Hall–Kier alpha value is 8.92. The minimum Gasteiger partial charge on any atom is -0.726 e. The first kappa shape index (κ1) is 162. The van der Waals surface area contributed by atoms with Gasteiger partial charge in [0.15, 0.2) is 37.0 Å². The summed E-state index contributed by atoms with van der Waals surface area (Å²) in [5.74, 6) is -3.90. The molecule has 68 nitrogen and oxygen atoms in total. The normalized spacial score (nSPS) is 25.7. The zero-order valence-corrected chi connectivity index (χ0v) is 110. The molecule has 0 aliphatic carbocycles. The molecule has 0 radical (unpaired) electrons. The molecule has 0 aromatic heterocycles. The second kappa shape index (κ2) is 67.4. The molecule has 2 N–H and O–H groups in total. The molecule has 0 saturated carbocycles. The minimum atomic E-state index is -6.65. The SMILES string of the molecule is O=C(CCC(=O)Nc1ccc(O[C@@H]2O[C@H](COS(=O)(=O)[O-])[C@@H](O[C@H]3O[C@H](COS(=O)(=O)[O-])[C@@H](OS(=O)(=O)[O-])[C@H](OS(=O)(=O)[O-])[C@H]3OS(=O)(=O)[O-])[C@H](OS(=O)(=O)[O-])[C@H]2OS(=O)(=O)[O-])cc1)Nc1ccc(O[C@@H]2O[C@H](COS(=O)(=O)[O-])[C@@H](O[C@H]3O[C@H](COS(=O)(=O)[O-])[C@@H](OS(=O)(=O)[O-])[C@H](OS(=O)(=O)[O-])[C@H]3OS(=O)(=O)[O-])[C@H](OS(=O)(=O)[O-])[C@H]2OS(=O)(=O)[O-])cc1.[Na+].[Na+].[Na+].[Na+].[Na+].[Na+].[Na+].[Na+].[Na+].[Na+].[Na+].[Na+].[Na+].[Na+]. The number of hydrogen-bond donors (Lipinski definition) is 2. The van der Waals surface area contributed by atoms with E-state index in [1.54, 1.807) is 0 Å². The van der Waals surface area contributed by atoms with Crippen LogP contribution in [0.15, 0.2) is 48.5 Å². The summed E-state index contributed by atoms with van der Waals surface area (Å²) < 4.78 is 601. The fraction of sp³-hybridized carbons (Fsp3) is 0.650. The Morgan fingerprint density at radius 1 is 0.228 bits per heavy atom. The zero-order valence-electron chi connectivity index (χ0n) is 71.1. The van der Waals surface area contributed by atoms with Gasteiger partial charge in [0.05, 0.1) is 26.4 Å². The molecule has 2 aromatic carbocycles. The smallest absolute Gasteiger partial charge is 0.726 e. The van der Waals surface area contributed by atoms with Gasteiger partial charge in [-0.05, 0) is 48.5 Å². The zero-order chi connectivity index (χ0) is 92.9. The summed E-state index contributed by atoms with van der Waals surface area (Å²) in [5.41, 5.74) is -0.734. The molecule has 706 valence electrons. The fourth-order valence-corrected chi connectivity index (χ4v) is 16.4. The number of benzene rings is 2. The fourth-order valence-electron chi connectivity index (χ4n) is 10.3. The first-order chi connectivity index (χ1) is 54.9. The standard InChI is InChI=1S/C40H56N2O66S14.14Na/c43-23(41-15-1-5-17(6-2-15)91-37-33(105-119(75,76)77)29(101-115(63,64)65)25(19(93-37)11-87-109(45,46)47)97-39-35(107-121(81,82)83)31(103-117(69,70)71)27(99-113(57,58)59)21(95-39)13-89-111(51,52)53)9-10-24(44)42-16-3-7-18(8-4-16)92-38-34(106-120(78,79)80)30(102-116(66,67)68)26(20(94-38)12-88-110(48,49)50)98-40-36(108-122(84,85)86)32(104-118(72,73)74)28(100-114(60,61)62)22(96-40)14-90-112(54,55)56;;;;;;;;;;;;;;/h1-8,19-22,25-40H,9-14H2,(H,41,43)(H,42,44)(H,45,46,47)(H,48,49,50)(H,51,52,53)(H,54,55,56)(H,57,58,59)(H,60,61,62)(H,63,64,65)(H,66,67,68)(H,69,70,71)(H,72,73,74)(H,75,76,77)(H,78,79,80)(H,81,82,83)(H,84,85,86);;;;;;;;;;;;;;/q;14*+1/p-14/t19-,20-,21-,22-,25-,26-,27-,28-,29+,30+,31+,32+,33-,34-,35-,36-,37-,38-,39-,40-;;;;;;;;;;;;;;/m1............../s1. The molecule has 4 aliphatic heterocycles. The van der Waals surface area contributed by atoms with E-state index in [4.69, 9.17) is 37.9 Å². The monoisotopic (exact) mass is 2380 g/mol. The van der Waals surface area contributed by atoms with Crippen molar-refractivity contribution in [2.75, 3.05) is 37.1 Å². The van der Waals surface area contributed by atoms with Crippen molar-refractivity contribution in [1.29, 1.82) is 0 Å². The number of amides is 2. The molecule has 96 heteroatoms. The summed E-state index contributed by atoms with van der Waals surface area (Å²) in [6.07, 6.45) is -69.0. The van der Waals surface area contributed by atoms with E-state index in [9.17, 15) is 191 Å². The van der Waals surface area contributed by atoms with Crippen LogP contribution in [0.3, 0.4) is 0 Å². The summed E-state index contributed by atoms with van der Waals surface area (Å²) in [4.78, 5) is 26.2. The van der Waals surface area contributed by atoms with Gasteiger partial charge >= 0.3 is 414 Å². The topological polar surface area (TPSA) is 1060 Å². The van der Waals surface area contributed by atoms with Gasteiger partial charge < -0.3 is 112 Å². The summed E-state index contributed by atoms with van der Waals surface area (Å²) >= 11 is 0. The third kappa shape index (κ3) is 64.1. The molecule has 0 spiro atoms. The second-order valence-corrected chi connectivity index (χ2v) is 37.0. The molecule has 4 saturated heterocycles. The molecule has 2 aromatic rings. The van der Waals surface area contributed by atoms with Crippen molar-refractivity contribution >= 4 is 169 Å². The average molecular weight is 2380 g/mol. The van der Waals surface area contributed by atoms with Gasteiger partial charge in [-0.15, -0.1) is 0 Å². The van der Waals surface area contributed by atoms with Crippen LogP contribution in [-0.4, -0.2) is 343 Å². The summed E-state index contributed by atoms with van der Waals surface area (Å²) in [6, 6.07) is 5.94. The molecule has 4 aliphatic rings. The van der Waals surface area contributed by atoms with Gasteiger partial charge in [-0.25, -0.2) is 118 Å². The number of hydrogen-bond acceptors (Lipinski definition) is 66. The van der Waals surface area contributed by atoms with Gasteiger partial charge in [0, 0.05) is 24.2 Å². The molecular weight excluding hydrogens is 2340 g/mol. The van der Waals surface area contributed by atoms with Crippen molar-refractivity contribution < 1.29 is 701 Å². The van der Waals surface area contributed by atoms with Crippen LogP contribution in [-0.2, 0) is 242 Å². The second-order valence-electron chi connectivity index (χ2n) is 22.7. The van der Waals surface area contributed by atoms with Gasteiger partial charge in [-0.1, -0.05) is 0 Å². The van der Waals surface area contributed by atoms with E-state index < -0.39 is 331 Å². The van der Waals surface area contributed by atoms with E-state index in [-0.39, 0.29) is 425 Å². The van der Waals surface area contributed by atoms with Gasteiger partial charge in [0.2, 0.25) is 170 Å². The Morgan fingerprint density at radius 3 is 0.581 bits per heavy atom. The summed E-state index contributed by atoms with van der Waals surface area (Å²) in [5, 5.41) is 4.34. The average Bonchev–Trinajstić information content (AvgIpc) is 0.755. The quantitative estimate of drug-likeness (QED) is 0.0353. The van der Waals surface area contributed by atoms with Crippen molar-refractivity contribution in [1.82, 2.24) is 0 Å². The number of carbonyl (C=O) groups excluding carboxylic acids is 2. The van der Waals surface area contributed by atoms with Gasteiger partial charge in [-0.2, -0.15) is 0 Å². The van der Waals surface area contributed by atoms with Crippen molar-refractivity contribution in [2.45, 2.75) is 136 Å². The van der Waals surface area contributed by atoms with Gasteiger partial charge in [-0.3, -0.25) is 68.2 Å². The van der Waals surface area contributed by atoms with Gasteiger partial charge in [0.25, 0.3) is 0 Å². The van der Waals surface area contributed by atoms with E-state index in [2.05, 4.69) is 69.2 Å². The number of anilines is 2. The molecule has 0 bridgehead atoms. The van der Waals surface area contributed by atoms with E-state index in [1.165, 1.54) is 0 Å². The Bertz CT molecular complexity index is 5470. The number of nitrogens with one attached hydrogen (secondary N) is 2. The Labute approximate surface area is 1080 Å². The first-order valence-corrected chi connectivity index (χ1v) is 48.4. The van der Waals surface area contributed by atoms with E-state index >= 15 is 0 Å². The molecule has 4 heterocycles. The third-order valence-corrected chi connectivity index (χ3v) is 20.4. The van der Waals surface area contributed by atoms with E-state index in [0.717, 1.165) is 24.3 Å². The number of rotatable bonds is 45. The van der Waals surface area contributed by atoms with Gasteiger partial charge in [0.1, 0.15) is 84.7 Å². The Kier molecular flexibility index (Phi) is 80.5. The van der Waals surface area contributed by atoms with Crippen LogP contribution in [0.4, 0.5) is 11.4 Å². The summed E-state index contributed by atoms with van der Waals surface area (Å²) in [6.45, 7) is -8.47. The van der Waals surface area contributed by atoms with Crippen LogP contribution in [0.2, 0.25) is 0 Å². The van der Waals surface area contributed by atoms with Crippen LogP contribution in [0.1, 0.15) is 12.8 Å². The van der Waals surface area contributed by atoms with Crippen molar-refractivity contribution in [3.8, 4) is 11.5 Å². The molecule has 136 heavy (non-hydrogen) atoms. The van der Waals surface area contributed by atoms with Crippen molar-refractivity contribution in [3.05, 3.63) is 48.5 Å². The number of carbonyl (C=O) groups is 2. The predicted octanol–water partition coefficient (Wildman–Crippen LogP) is -56.1. The third-order valence-electron chi connectivity index (χ3n) is 14.1. The first-order valence-electron chi connectivity index (χ1n) is 29.8. The van der Waals surface area contributed by atoms with Crippen LogP contribution >= 0.6 is 0 Å². The van der Waals surface area contributed by atoms with E-state index in [0.29, 0.717) is 24.3 Å². The maximum atomic E-state index is 13.1. The number of ether oxygens (including phenoxy) is 8. The molecule has 20 atom stereocenters. The molecule has 2 amide bonds. The molecular formula is C40H42N2Na14O66S14. The Morgan fingerprint density at radius 2 is 0.390 bits per heavy atom. The molecule has 6 rings (SSSR count).